The molecule has 0 saturated carbocycles. The van der Waals surface area contributed by atoms with Gasteiger partial charge in [0.2, 0.25) is 5.78 Å². The number of amides is 1. The van der Waals surface area contributed by atoms with Gasteiger partial charge in [0.1, 0.15) is 5.82 Å². The highest BCUT2D eigenvalue weighted by Crippen LogP contribution is 2.44. The summed E-state index contributed by atoms with van der Waals surface area (Å²) in [5, 5.41) is 4.46. The molecule has 1 aromatic carbocycles. The van der Waals surface area contributed by atoms with Crippen LogP contribution >= 0.6 is 0 Å². The molecule has 0 unspecified atom stereocenters. The number of nitrogens with zero attached hydrogens (tertiary/aromatic N) is 5. The third-order valence-corrected chi connectivity index (χ3v) is 7.86. The van der Waals surface area contributed by atoms with Crippen molar-refractivity contribution in [1.82, 2.24) is 24.5 Å². The highest BCUT2D eigenvalue weighted by Gasteiger charge is 2.45. The van der Waals surface area contributed by atoms with Crippen molar-refractivity contribution in [1.29, 1.82) is 0 Å². The number of carbonyl (C=O) groups is 3. The van der Waals surface area contributed by atoms with Gasteiger partial charge in [-0.3, -0.25) is 19.4 Å². The molecule has 2 aliphatic heterocycles. The first-order valence-corrected chi connectivity index (χ1v) is 12.9. The molecule has 38 heavy (non-hydrogen) atoms. The summed E-state index contributed by atoms with van der Waals surface area (Å²) in [4.78, 5) is 48.5. The van der Waals surface area contributed by atoms with Gasteiger partial charge in [0.05, 0.1) is 23.1 Å². The Labute approximate surface area is 219 Å². The van der Waals surface area contributed by atoms with Gasteiger partial charge in [-0.1, -0.05) is 36.4 Å². The lowest BCUT2D eigenvalue weighted by Crippen LogP contribution is -2.48. The number of rotatable bonds is 5. The Balaban J connectivity index is 1.40. The quantitative estimate of drug-likeness (QED) is 0.318. The number of hydrogen-bond acceptors (Lipinski definition) is 7. The number of carbonyl (C=O) groups excluding carboxylic acids is 3. The molecular formula is C29H28N6O3. The molecular weight excluding hydrogens is 480 g/mol. The molecule has 3 aromatic heterocycles. The summed E-state index contributed by atoms with van der Waals surface area (Å²) in [6.45, 7) is 2.81. The van der Waals surface area contributed by atoms with Gasteiger partial charge in [-0.25, -0.2) is 4.98 Å². The van der Waals surface area contributed by atoms with Gasteiger partial charge in [-0.15, -0.1) is 0 Å². The van der Waals surface area contributed by atoms with Crippen molar-refractivity contribution in [3.05, 3.63) is 66.1 Å². The maximum absolute atomic E-state index is 12.8. The SMILES string of the molecule is CC(=O)C(=O)N1[C@@H]2CC[C@H]1C[C@@H](c1nc3c(-c4ccc(-c5ccccc5)nc4)cnn3c(N)c1C(C)=O)C2. The fraction of sp³-hybridized carbons (Fsp3) is 0.310. The molecule has 3 atom stereocenters. The van der Waals surface area contributed by atoms with Crippen LogP contribution in [0.15, 0.2) is 54.9 Å². The van der Waals surface area contributed by atoms with Gasteiger partial charge in [0, 0.05) is 47.8 Å². The van der Waals surface area contributed by atoms with E-state index in [0.717, 1.165) is 35.2 Å². The average molecular weight is 509 g/mol. The second-order valence-corrected chi connectivity index (χ2v) is 10.2. The Morgan fingerprint density at radius 3 is 2.24 bits per heavy atom. The van der Waals surface area contributed by atoms with E-state index < -0.39 is 11.7 Å². The number of aromatic nitrogens is 4. The lowest BCUT2D eigenvalue weighted by molar-refractivity contribution is -0.146. The number of benzene rings is 1. The number of nitrogen functional groups attached to an aromatic ring is 1. The largest absolute Gasteiger partial charge is 0.383 e. The van der Waals surface area contributed by atoms with Crippen LogP contribution in [0.25, 0.3) is 28.0 Å². The highest BCUT2D eigenvalue weighted by molar-refractivity contribution is 6.35. The molecule has 5 heterocycles. The fourth-order valence-corrected chi connectivity index (χ4v) is 6.14. The second kappa shape index (κ2) is 9.16. The minimum absolute atomic E-state index is 0.0479. The van der Waals surface area contributed by atoms with Crippen molar-refractivity contribution in [2.24, 2.45) is 0 Å². The summed E-state index contributed by atoms with van der Waals surface area (Å²) in [6.07, 6.45) is 6.44. The van der Waals surface area contributed by atoms with Gasteiger partial charge in [0.15, 0.2) is 11.4 Å². The summed E-state index contributed by atoms with van der Waals surface area (Å²) >= 11 is 0. The summed E-state index contributed by atoms with van der Waals surface area (Å²) in [7, 11) is 0. The molecule has 1 amide bonds. The monoisotopic (exact) mass is 508 g/mol. The molecule has 2 aliphatic rings. The molecule has 0 spiro atoms. The van der Waals surface area contributed by atoms with Gasteiger partial charge in [0.25, 0.3) is 5.91 Å². The molecule has 2 fully saturated rings. The van der Waals surface area contributed by atoms with Gasteiger partial charge >= 0.3 is 0 Å². The standard InChI is InChI=1S/C29H28N6O3/c1-16(36)25-26(20-12-21-9-10-22(13-20)34(21)29(38)17(2)37)33-28-23(15-32-35(28)27(25)30)19-8-11-24(31-14-19)18-6-4-3-5-7-18/h3-8,11,14-15,20-22H,9-10,12-13,30H2,1-2H3/t20-,21+,22-. The third kappa shape index (κ3) is 3.86. The van der Waals surface area contributed by atoms with Crippen LogP contribution in [0, 0.1) is 0 Å². The molecule has 2 N–H and O–H groups in total. The van der Waals surface area contributed by atoms with E-state index in [1.807, 2.05) is 42.5 Å². The van der Waals surface area contributed by atoms with Gasteiger partial charge < -0.3 is 10.6 Å². The van der Waals surface area contributed by atoms with Crippen molar-refractivity contribution in [2.75, 3.05) is 5.73 Å². The molecule has 4 aromatic rings. The van der Waals surface area contributed by atoms with Gasteiger partial charge in [-0.05, 0) is 38.7 Å². The number of hydrogen-bond donors (Lipinski definition) is 1. The van der Waals surface area contributed by atoms with Crippen LogP contribution in [0.2, 0.25) is 0 Å². The van der Waals surface area contributed by atoms with E-state index in [1.165, 1.54) is 18.4 Å². The Morgan fingerprint density at radius 1 is 0.921 bits per heavy atom. The van der Waals surface area contributed by atoms with Crippen LogP contribution in [-0.2, 0) is 9.59 Å². The third-order valence-electron chi connectivity index (χ3n) is 7.86. The molecule has 192 valence electrons. The number of nitrogens with two attached hydrogens (primary N) is 1. The van der Waals surface area contributed by atoms with E-state index in [1.54, 1.807) is 17.3 Å². The molecule has 0 aliphatic carbocycles. The van der Waals surface area contributed by atoms with E-state index in [-0.39, 0.29) is 29.6 Å². The summed E-state index contributed by atoms with van der Waals surface area (Å²) in [5.74, 6) is -0.838. The minimum atomic E-state index is -0.440. The zero-order chi connectivity index (χ0) is 26.6. The first-order valence-electron chi connectivity index (χ1n) is 12.9. The lowest BCUT2D eigenvalue weighted by atomic mass is 9.85. The Morgan fingerprint density at radius 2 is 1.63 bits per heavy atom. The second-order valence-electron chi connectivity index (χ2n) is 10.2. The first-order chi connectivity index (χ1) is 18.3. The van der Waals surface area contributed by atoms with E-state index in [0.29, 0.717) is 29.7 Å². The zero-order valence-electron chi connectivity index (χ0n) is 21.3. The van der Waals surface area contributed by atoms with Crippen LogP contribution in [0.5, 0.6) is 0 Å². The maximum atomic E-state index is 12.8. The first kappa shape index (κ1) is 24.0. The summed E-state index contributed by atoms with van der Waals surface area (Å²) in [6, 6.07) is 13.8. The zero-order valence-corrected chi connectivity index (χ0v) is 21.3. The van der Waals surface area contributed by atoms with Crippen molar-refractivity contribution < 1.29 is 14.4 Å². The molecule has 0 radical (unpaired) electrons. The van der Waals surface area contributed by atoms with E-state index >= 15 is 0 Å². The normalized spacial score (nSPS) is 20.6. The number of Topliss-reactive ketones (excluding diaryl/α,β-unsaturated/α-hetero) is 2. The average Bonchev–Trinajstić information content (AvgIpc) is 3.46. The number of pyridine rings is 1. The van der Waals surface area contributed by atoms with E-state index in [2.05, 4.69) is 10.1 Å². The van der Waals surface area contributed by atoms with Gasteiger partial charge in [-0.2, -0.15) is 9.61 Å². The van der Waals surface area contributed by atoms with E-state index in [9.17, 15) is 14.4 Å². The Hall–Kier alpha value is -4.40. The fourth-order valence-electron chi connectivity index (χ4n) is 6.14. The van der Waals surface area contributed by atoms with Crippen LogP contribution in [-0.4, -0.2) is 54.0 Å². The highest BCUT2D eigenvalue weighted by atomic mass is 16.2. The molecule has 2 saturated heterocycles. The van der Waals surface area contributed by atoms with Crippen molar-refractivity contribution in [3.8, 4) is 22.4 Å². The van der Waals surface area contributed by atoms with Crippen LogP contribution < -0.4 is 5.73 Å². The minimum Gasteiger partial charge on any atom is -0.383 e. The Kier molecular flexibility index (Phi) is 5.78. The van der Waals surface area contributed by atoms with Crippen molar-refractivity contribution in [3.63, 3.8) is 0 Å². The predicted octanol–water partition coefficient (Wildman–Crippen LogP) is 4.07. The number of fused-ring (bicyclic) bond motifs is 3. The maximum Gasteiger partial charge on any atom is 0.290 e. The number of anilines is 1. The van der Waals surface area contributed by atoms with Crippen LogP contribution in [0.4, 0.5) is 5.82 Å². The molecule has 2 bridgehead atoms. The number of ketones is 2. The van der Waals surface area contributed by atoms with Crippen LogP contribution in [0.3, 0.4) is 0 Å². The summed E-state index contributed by atoms with van der Waals surface area (Å²) < 4.78 is 1.52. The van der Waals surface area contributed by atoms with E-state index in [4.69, 9.17) is 10.7 Å². The van der Waals surface area contributed by atoms with Crippen molar-refractivity contribution in [2.45, 2.75) is 57.5 Å². The lowest BCUT2D eigenvalue weighted by Gasteiger charge is -2.38. The molecule has 9 nitrogen and oxygen atoms in total. The number of piperidine rings is 1. The Bertz CT molecular complexity index is 1560. The molecule has 6 rings (SSSR count). The molecule has 9 heteroatoms. The predicted molar refractivity (Wildman–Crippen MR) is 142 cm³/mol. The van der Waals surface area contributed by atoms with Crippen molar-refractivity contribution >= 4 is 28.9 Å². The van der Waals surface area contributed by atoms with Crippen LogP contribution in [0.1, 0.15) is 61.5 Å². The summed E-state index contributed by atoms with van der Waals surface area (Å²) in [5.41, 5.74) is 11.6. The topological polar surface area (TPSA) is 124 Å². The smallest absolute Gasteiger partial charge is 0.290 e.